The van der Waals surface area contributed by atoms with Gasteiger partial charge >= 0.3 is 0 Å². The Kier molecular flexibility index (Phi) is 8.94. The molecule has 1 aliphatic heterocycles. The first kappa shape index (κ1) is 22.4. The topological polar surface area (TPSA) is 82.7 Å². The van der Waals surface area contributed by atoms with Crippen molar-refractivity contribution in [1.82, 2.24) is 25.3 Å². The number of aromatic nitrogens is 3. The first-order valence-electron chi connectivity index (χ1n) is 9.68. The highest BCUT2D eigenvalue weighted by Gasteiger charge is 2.21. The summed E-state index contributed by atoms with van der Waals surface area (Å²) in [5.74, 6) is 2.98. The molecule has 3 heterocycles. The molecular weight excluding hydrogens is 469 g/mol. The fourth-order valence-electron chi connectivity index (χ4n) is 3.38. The van der Waals surface area contributed by atoms with Gasteiger partial charge in [0.1, 0.15) is 0 Å². The standard InChI is InChI=1S/C19H29N7O.HI/c1-4-15(5-2)17-13-16(27-24-17)14-23-18(20-3)25-9-11-26(12-10-25)19-21-7-6-8-22-19;/h6-8,13,15H,4-5,9-12,14H2,1-3H3,(H,20,23);1H. The van der Waals surface area contributed by atoms with Crippen molar-refractivity contribution in [3.63, 3.8) is 0 Å². The molecule has 28 heavy (non-hydrogen) atoms. The molecule has 154 valence electrons. The van der Waals surface area contributed by atoms with E-state index in [2.05, 4.69) is 55.1 Å². The van der Waals surface area contributed by atoms with Crippen LogP contribution in [0.2, 0.25) is 0 Å². The highest BCUT2D eigenvalue weighted by molar-refractivity contribution is 14.0. The zero-order chi connectivity index (χ0) is 19.1. The van der Waals surface area contributed by atoms with E-state index >= 15 is 0 Å². The largest absolute Gasteiger partial charge is 0.359 e. The van der Waals surface area contributed by atoms with Gasteiger partial charge in [-0.05, 0) is 18.9 Å². The summed E-state index contributed by atoms with van der Waals surface area (Å²) in [6.45, 7) is 8.42. The summed E-state index contributed by atoms with van der Waals surface area (Å²) in [7, 11) is 1.81. The van der Waals surface area contributed by atoms with E-state index in [0.717, 1.165) is 62.4 Å². The van der Waals surface area contributed by atoms with Crippen LogP contribution < -0.4 is 10.2 Å². The fourth-order valence-corrected chi connectivity index (χ4v) is 3.38. The maximum Gasteiger partial charge on any atom is 0.225 e. The second-order valence-corrected chi connectivity index (χ2v) is 6.66. The van der Waals surface area contributed by atoms with Crippen molar-refractivity contribution in [2.75, 3.05) is 38.1 Å². The summed E-state index contributed by atoms with van der Waals surface area (Å²) < 4.78 is 5.50. The molecule has 0 aromatic carbocycles. The number of guanidine groups is 1. The van der Waals surface area contributed by atoms with Gasteiger partial charge in [0.15, 0.2) is 11.7 Å². The van der Waals surface area contributed by atoms with Crippen LogP contribution >= 0.6 is 24.0 Å². The molecule has 0 amide bonds. The highest BCUT2D eigenvalue weighted by atomic mass is 127. The van der Waals surface area contributed by atoms with Crippen molar-refractivity contribution in [2.45, 2.75) is 39.2 Å². The van der Waals surface area contributed by atoms with Crippen LogP contribution in [-0.2, 0) is 6.54 Å². The van der Waals surface area contributed by atoms with Gasteiger partial charge in [0.25, 0.3) is 0 Å². The fraction of sp³-hybridized carbons (Fsp3) is 0.579. The van der Waals surface area contributed by atoms with Crippen LogP contribution in [0.5, 0.6) is 0 Å². The Labute approximate surface area is 183 Å². The van der Waals surface area contributed by atoms with Crippen molar-refractivity contribution in [3.8, 4) is 0 Å². The molecule has 0 unspecified atom stereocenters. The zero-order valence-electron chi connectivity index (χ0n) is 16.8. The molecule has 0 spiro atoms. The number of nitrogens with zero attached hydrogens (tertiary/aromatic N) is 6. The van der Waals surface area contributed by atoms with Crippen molar-refractivity contribution < 1.29 is 4.52 Å². The lowest BCUT2D eigenvalue weighted by Gasteiger charge is -2.36. The Balaban J connectivity index is 0.00000280. The monoisotopic (exact) mass is 499 g/mol. The number of hydrogen-bond donors (Lipinski definition) is 1. The number of aliphatic imine (C=N–C) groups is 1. The Bertz CT molecular complexity index is 725. The van der Waals surface area contributed by atoms with Gasteiger partial charge in [0.2, 0.25) is 5.95 Å². The quantitative estimate of drug-likeness (QED) is 0.372. The molecular formula is C19H30IN7O. The summed E-state index contributed by atoms with van der Waals surface area (Å²) in [6, 6.07) is 3.90. The summed E-state index contributed by atoms with van der Waals surface area (Å²) in [6.07, 6.45) is 5.71. The van der Waals surface area contributed by atoms with E-state index in [1.807, 2.05) is 13.1 Å². The summed E-state index contributed by atoms with van der Waals surface area (Å²) in [5.41, 5.74) is 1.04. The van der Waals surface area contributed by atoms with Gasteiger partial charge in [-0.1, -0.05) is 19.0 Å². The van der Waals surface area contributed by atoms with E-state index < -0.39 is 0 Å². The molecule has 1 aliphatic rings. The molecule has 2 aromatic rings. The van der Waals surface area contributed by atoms with Crippen LogP contribution in [0.25, 0.3) is 0 Å². The number of rotatable bonds is 6. The molecule has 0 aliphatic carbocycles. The van der Waals surface area contributed by atoms with Crippen molar-refractivity contribution >= 4 is 35.9 Å². The van der Waals surface area contributed by atoms with Crippen LogP contribution in [0.3, 0.4) is 0 Å². The summed E-state index contributed by atoms with van der Waals surface area (Å²) >= 11 is 0. The molecule has 9 heteroatoms. The first-order chi connectivity index (χ1) is 13.2. The van der Waals surface area contributed by atoms with Crippen LogP contribution in [0.1, 0.15) is 44.1 Å². The average molecular weight is 499 g/mol. The average Bonchev–Trinajstić information content (AvgIpc) is 3.19. The van der Waals surface area contributed by atoms with Gasteiger partial charge in [0, 0.05) is 57.6 Å². The van der Waals surface area contributed by atoms with Crippen LogP contribution in [0.4, 0.5) is 5.95 Å². The molecule has 0 saturated carbocycles. The second kappa shape index (κ2) is 11.2. The van der Waals surface area contributed by atoms with Crippen molar-refractivity contribution in [2.24, 2.45) is 4.99 Å². The summed E-state index contributed by atoms with van der Waals surface area (Å²) in [5, 5.41) is 7.62. The van der Waals surface area contributed by atoms with Gasteiger partial charge in [-0.15, -0.1) is 24.0 Å². The van der Waals surface area contributed by atoms with Gasteiger partial charge in [-0.2, -0.15) is 0 Å². The number of nitrogens with one attached hydrogen (secondary N) is 1. The Hall–Kier alpha value is -1.91. The van der Waals surface area contributed by atoms with E-state index in [4.69, 9.17) is 4.52 Å². The smallest absolute Gasteiger partial charge is 0.225 e. The van der Waals surface area contributed by atoms with E-state index in [1.165, 1.54) is 0 Å². The molecule has 1 fully saturated rings. The Morgan fingerprint density at radius 1 is 1.18 bits per heavy atom. The minimum absolute atomic E-state index is 0. The van der Waals surface area contributed by atoms with E-state index in [9.17, 15) is 0 Å². The zero-order valence-corrected chi connectivity index (χ0v) is 19.2. The van der Waals surface area contributed by atoms with E-state index in [-0.39, 0.29) is 24.0 Å². The van der Waals surface area contributed by atoms with Gasteiger partial charge in [-0.3, -0.25) is 4.99 Å². The second-order valence-electron chi connectivity index (χ2n) is 6.66. The molecule has 0 bridgehead atoms. The maximum atomic E-state index is 5.50. The Morgan fingerprint density at radius 3 is 2.46 bits per heavy atom. The molecule has 8 nitrogen and oxygen atoms in total. The molecule has 3 rings (SSSR count). The molecule has 0 radical (unpaired) electrons. The van der Waals surface area contributed by atoms with E-state index in [0.29, 0.717) is 12.5 Å². The molecule has 1 saturated heterocycles. The molecule has 1 N–H and O–H groups in total. The number of anilines is 1. The third-order valence-electron chi connectivity index (χ3n) is 5.03. The predicted molar refractivity (Wildman–Crippen MR) is 121 cm³/mol. The Morgan fingerprint density at radius 2 is 1.86 bits per heavy atom. The number of piperazine rings is 1. The van der Waals surface area contributed by atoms with Crippen molar-refractivity contribution in [3.05, 3.63) is 36.0 Å². The highest BCUT2D eigenvalue weighted by Crippen LogP contribution is 2.22. The minimum Gasteiger partial charge on any atom is -0.359 e. The molecule has 0 atom stereocenters. The minimum atomic E-state index is 0. The van der Waals surface area contributed by atoms with Crippen LogP contribution in [0, 0.1) is 0 Å². The lowest BCUT2D eigenvalue weighted by Crippen LogP contribution is -2.52. The summed E-state index contributed by atoms with van der Waals surface area (Å²) in [4.78, 5) is 17.5. The lowest BCUT2D eigenvalue weighted by molar-refractivity contribution is 0.352. The van der Waals surface area contributed by atoms with E-state index in [1.54, 1.807) is 12.4 Å². The SMILES string of the molecule is CCC(CC)c1cc(CNC(=NC)N2CCN(c3ncccn3)CC2)on1.I. The number of halogens is 1. The first-order valence-corrected chi connectivity index (χ1v) is 9.68. The third kappa shape index (κ3) is 5.55. The van der Waals surface area contributed by atoms with Crippen LogP contribution in [-0.4, -0.2) is 59.2 Å². The van der Waals surface area contributed by atoms with Crippen molar-refractivity contribution in [1.29, 1.82) is 0 Å². The lowest BCUT2D eigenvalue weighted by atomic mass is 9.99. The van der Waals surface area contributed by atoms with Crippen LogP contribution in [0.15, 0.2) is 34.0 Å². The predicted octanol–water partition coefficient (Wildman–Crippen LogP) is 2.88. The maximum absolute atomic E-state index is 5.50. The molecule has 2 aromatic heterocycles. The normalized spacial score (nSPS) is 14.9. The van der Waals surface area contributed by atoms with Gasteiger partial charge < -0.3 is 19.6 Å². The third-order valence-corrected chi connectivity index (χ3v) is 5.03. The van der Waals surface area contributed by atoms with Gasteiger partial charge in [0.05, 0.1) is 12.2 Å². The number of hydrogen-bond acceptors (Lipinski definition) is 6. The van der Waals surface area contributed by atoms with Gasteiger partial charge in [-0.25, -0.2) is 9.97 Å².